The van der Waals surface area contributed by atoms with Crippen molar-refractivity contribution in [2.45, 2.75) is 0 Å². The number of rotatable bonds is 1. The monoisotopic (exact) mass is 195 g/mol. The van der Waals surface area contributed by atoms with Crippen molar-refractivity contribution in [3.8, 4) is 0 Å². The minimum Gasteiger partial charge on any atom is -0.355 e. The van der Waals surface area contributed by atoms with Gasteiger partial charge in [-0.25, -0.2) is 4.39 Å². The zero-order valence-electron chi connectivity index (χ0n) is 6.77. The molecule has 1 N–H and O–H groups in total. The molecule has 3 heteroatoms. The summed E-state index contributed by atoms with van der Waals surface area (Å²) in [6, 6.07) is 4.84. The quantitative estimate of drug-likeness (QED) is 0.716. The standard InChI is InChI=1S/C10H7ClFN/c1-2-7-3-6-4-8(11)9(12)5-10(6)13-7/h2-5,13H,1H2. The summed E-state index contributed by atoms with van der Waals surface area (Å²) in [7, 11) is 0. The number of halogens is 2. The van der Waals surface area contributed by atoms with Crippen LogP contribution in [0.15, 0.2) is 24.8 Å². The third kappa shape index (κ3) is 1.33. The first-order valence-corrected chi connectivity index (χ1v) is 4.18. The predicted molar refractivity (Wildman–Crippen MR) is 53.4 cm³/mol. The summed E-state index contributed by atoms with van der Waals surface area (Å²) in [5, 5.41) is 1.03. The normalized spacial score (nSPS) is 10.6. The van der Waals surface area contributed by atoms with Gasteiger partial charge in [0, 0.05) is 16.6 Å². The van der Waals surface area contributed by atoms with Crippen molar-refractivity contribution >= 4 is 28.6 Å². The van der Waals surface area contributed by atoms with Gasteiger partial charge >= 0.3 is 0 Å². The van der Waals surface area contributed by atoms with Crippen LogP contribution in [0.5, 0.6) is 0 Å². The Hall–Kier alpha value is -1.28. The molecular weight excluding hydrogens is 189 g/mol. The van der Waals surface area contributed by atoms with Crippen molar-refractivity contribution in [2.75, 3.05) is 0 Å². The maximum Gasteiger partial charge on any atom is 0.143 e. The van der Waals surface area contributed by atoms with Crippen molar-refractivity contribution < 1.29 is 4.39 Å². The largest absolute Gasteiger partial charge is 0.355 e. The van der Waals surface area contributed by atoms with E-state index in [1.807, 2.05) is 6.07 Å². The molecule has 0 bridgehead atoms. The Bertz CT molecular complexity index is 434. The van der Waals surface area contributed by atoms with E-state index in [-0.39, 0.29) is 5.02 Å². The summed E-state index contributed by atoms with van der Waals surface area (Å²) >= 11 is 5.63. The fourth-order valence-corrected chi connectivity index (χ4v) is 1.43. The minimum absolute atomic E-state index is 0.141. The van der Waals surface area contributed by atoms with Gasteiger partial charge in [-0.2, -0.15) is 0 Å². The van der Waals surface area contributed by atoms with Crippen LogP contribution in [-0.2, 0) is 0 Å². The van der Waals surface area contributed by atoms with Crippen LogP contribution < -0.4 is 0 Å². The number of nitrogens with one attached hydrogen (secondary N) is 1. The summed E-state index contributed by atoms with van der Waals surface area (Å²) in [6.45, 7) is 3.61. The van der Waals surface area contributed by atoms with Gasteiger partial charge in [-0.1, -0.05) is 18.2 Å². The maximum atomic E-state index is 13.0. The number of benzene rings is 1. The third-order valence-corrected chi connectivity index (χ3v) is 2.19. The van der Waals surface area contributed by atoms with Crippen molar-refractivity contribution in [3.63, 3.8) is 0 Å². The maximum absolute atomic E-state index is 13.0. The molecule has 0 saturated carbocycles. The molecule has 1 heterocycles. The second-order valence-corrected chi connectivity index (χ2v) is 3.19. The highest BCUT2D eigenvalue weighted by Crippen LogP contribution is 2.23. The van der Waals surface area contributed by atoms with Gasteiger partial charge in [-0.3, -0.25) is 0 Å². The lowest BCUT2D eigenvalue weighted by Crippen LogP contribution is -1.76. The predicted octanol–water partition coefficient (Wildman–Crippen LogP) is 3.60. The van der Waals surface area contributed by atoms with E-state index in [0.29, 0.717) is 0 Å². The Morgan fingerprint density at radius 2 is 2.15 bits per heavy atom. The van der Waals surface area contributed by atoms with Crippen LogP contribution in [0.25, 0.3) is 17.0 Å². The van der Waals surface area contributed by atoms with Gasteiger partial charge in [0.05, 0.1) is 5.02 Å². The van der Waals surface area contributed by atoms with Gasteiger partial charge in [-0.15, -0.1) is 0 Å². The molecule has 1 aromatic carbocycles. The Morgan fingerprint density at radius 1 is 1.38 bits per heavy atom. The molecule has 0 unspecified atom stereocenters. The molecule has 13 heavy (non-hydrogen) atoms. The van der Waals surface area contributed by atoms with E-state index in [1.165, 1.54) is 6.07 Å². The minimum atomic E-state index is -0.411. The molecule has 0 amide bonds. The molecule has 0 fully saturated rings. The van der Waals surface area contributed by atoms with E-state index in [9.17, 15) is 4.39 Å². The molecule has 66 valence electrons. The van der Waals surface area contributed by atoms with E-state index in [1.54, 1.807) is 12.1 Å². The number of fused-ring (bicyclic) bond motifs is 1. The highest BCUT2D eigenvalue weighted by atomic mass is 35.5. The molecule has 1 nitrogen and oxygen atoms in total. The first-order valence-electron chi connectivity index (χ1n) is 3.81. The molecule has 0 atom stereocenters. The van der Waals surface area contributed by atoms with Gasteiger partial charge < -0.3 is 4.98 Å². The molecular formula is C10H7ClFN. The van der Waals surface area contributed by atoms with E-state index < -0.39 is 5.82 Å². The molecule has 2 rings (SSSR count). The number of aromatic nitrogens is 1. The fraction of sp³-hybridized carbons (Fsp3) is 0. The Labute approximate surface area is 79.8 Å². The van der Waals surface area contributed by atoms with E-state index in [4.69, 9.17) is 11.6 Å². The molecule has 0 aliphatic heterocycles. The topological polar surface area (TPSA) is 15.8 Å². The third-order valence-electron chi connectivity index (χ3n) is 1.90. The SMILES string of the molecule is C=Cc1cc2cc(Cl)c(F)cc2[nH]1. The average Bonchev–Trinajstić information content (AvgIpc) is 2.48. The van der Waals surface area contributed by atoms with E-state index in [2.05, 4.69) is 11.6 Å². The summed E-state index contributed by atoms with van der Waals surface area (Å²) < 4.78 is 13.0. The van der Waals surface area contributed by atoms with Crippen LogP contribution in [0.2, 0.25) is 5.02 Å². The summed E-state index contributed by atoms with van der Waals surface area (Å²) in [4.78, 5) is 3.00. The number of hydrogen-bond donors (Lipinski definition) is 1. The van der Waals surface area contributed by atoms with Crippen LogP contribution in [0.1, 0.15) is 5.69 Å². The van der Waals surface area contributed by atoms with Crippen molar-refractivity contribution in [1.29, 1.82) is 0 Å². The molecule has 0 aliphatic rings. The molecule has 1 aromatic heterocycles. The summed E-state index contributed by atoms with van der Waals surface area (Å²) in [6.07, 6.45) is 1.67. The second-order valence-electron chi connectivity index (χ2n) is 2.78. The summed E-state index contributed by atoms with van der Waals surface area (Å²) in [5.41, 5.74) is 1.59. The number of H-pyrrole nitrogens is 1. The molecule has 0 saturated heterocycles. The van der Waals surface area contributed by atoms with Gasteiger partial charge in [-0.05, 0) is 24.3 Å². The van der Waals surface area contributed by atoms with Crippen molar-refractivity contribution in [3.05, 3.63) is 41.3 Å². The zero-order valence-corrected chi connectivity index (χ0v) is 7.53. The smallest absolute Gasteiger partial charge is 0.143 e. The van der Waals surface area contributed by atoms with Gasteiger partial charge in [0.25, 0.3) is 0 Å². The fourth-order valence-electron chi connectivity index (χ4n) is 1.26. The lowest BCUT2D eigenvalue weighted by atomic mass is 10.2. The van der Waals surface area contributed by atoms with Crippen LogP contribution in [-0.4, -0.2) is 4.98 Å². The van der Waals surface area contributed by atoms with Crippen LogP contribution in [0.4, 0.5) is 4.39 Å². The molecule has 2 aromatic rings. The highest BCUT2D eigenvalue weighted by Gasteiger charge is 2.04. The van der Waals surface area contributed by atoms with Crippen molar-refractivity contribution in [1.82, 2.24) is 4.98 Å². The lowest BCUT2D eigenvalue weighted by Gasteiger charge is -1.93. The molecule has 0 radical (unpaired) electrons. The number of aromatic amines is 1. The number of hydrogen-bond acceptors (Lipinski definition) is 0. The van der Waals surface area contributed by atoms with E-state index in [0.717, 1.165) is 16.6 Å². The van der Waals surface area contributed by atoms with Gasteiger partial charge in [0.1, 0.15) is 5.82 Å². The van der Waals surface area contributed by atoms with Gasteiger partial charge in [0.2, 0.25) is 0 Å². The first-order chi connectivity index (χ1) is 6.20. The Balaban J connectivity index is 2.77. The lowest BCUT2D eigenvalue weighted by molar-refractivity contribution is 0.630. The van der Waals surface area contributed by atoms with E-state index >= 15 is 0 Å². The Morgan fingerprint density at radius 3 is 2.85 bits per heavy atom. The van der Waals surface area contributed by atoms with Crippen LogP contribution >= 0.6 is 11.6 Å². The first kappa shape index (κ1) is 8.32. The highest BCUT2D eigenvalue weighted by molar-refractivity contribution is 6.31. The summed E-state index contributed by atoms with van der Waals surface area (Å²) in [5.74, 6) is -0.411. The van der Waals surface area contributed by atoms with Crippen LogP contribution in [0, 0.1) is 5.82 Å². The second kappa shape index (κ2) is 2.89. The van der Waals surface area contributed by atoms with Gasteiger partial charge in [0.15, 0.2) is 0 Å². The van der Waals surface area contributed by atoms with Crippen LogP contribution in [0.3, 0.4) is 0 Å². The molecule has 0 aliphatic carbocycles. The molecule has 0 spiro atoms. The Kier molecular flexibility index (Phi) is 1.85. The van der Waals surface area contributed by atoms with Crippen molar-refractivity contribution in [2.24, 2.45) is 0 Å². The average molecular weight is 196 g/mol. The zero-order chi connectivity index (χ0) is 9.42.